The Labute approximate surface area is 132 Å². The second kappa shape index (κ2) is 8.84. The van der Waals surface area contributed by atoms with E-state index in [0.29, 0.717) is 0 Å². The maximum absolute atomic E-state index is 3.63. The van der Waals surface area contributed by atoms with Crippen LogP contribution in [0.15, 0.2) is 28.7 Å². The predicted molar refractivity (Wildman–Crippen MR) is 91.1 cm³/mol. The molecule has 2 rings (SSSR count). The summed E-state index contributed by atoms with van der Waals surface area (Å²) in [7, 11) is 0. The standard InChI is InChI=1S/C18H28BrN/c1-2-11-20-14-17(12-15-5-3-4-6-15)13-16-7-9-18(19)10-8-16/h7-10,15,17,20H,2-6,11-14H2,1H3. The van der Waals surface area contributed by atoms with E-state index in [2.05, 4.69) is 52.4 Å². The first-order valence-electron chi connectivity index (χ1n) is 8.23. The summed E-state index contributed by atoms with van der Waals surface area (Å²) in [5, 5.41) is 3.63. The van der Waals surface area contributed by atoms with E-state index in [0.717, 1.165) is 18.4 Å². The third-order valence-electron chi connectivity index (χ3n) is 4.44. The maximum atomic E-state index is 3.63. The fourth-order valence-corrected chi connectivity index (χ4v) is 3.66. The van der Waals surface area contributed by atoms with E-state index in [4.69, 9.17) is 0 Å². The monoisotopic (exact) mass is 337 g/mol. The van der Waals surface area contributed by atoms with E-state index in [1.807, 2.05) is 0 Å². The van der Waals surface area contributed by atoms with E-state index in [1.165, 1.54) is 61.5 Å². The second-order valence-corrected chi connectivity index (χ2v) is 7.20. The van der Waals surface area contributed by atoms with E-state index >= 15 is 0 Å². The lowest BCUT2D eigenvalue weighted by Crippen LogP contribution is -2.26. The van der Waals surface area contributed by atoms with Crippen LogP contribution in [-0.2, 0) is 6.42 Å². The minimum atomic E-state index is 0.797. The quantitative estimate of drug-likeness (QED) is 0.644. The Morgan fingerprint density at radius 2 is 1.90 bits per heavy atom. The normalized spacial score (nSPS) is 17.5. The minimum Gasteiger partial charge on any atom is -0.316 e. The molecule has 1 nitrogen and oxygen atoms in total. The molecule has 0 saturated heterocycles. The first-order chi connectivity index (χ1) is 9.78. The van der Waals surface area contributed by atoms with Crippen molar-refractivity contribution < 1.29 is 0 Å². The molecule has 0 heterocycles. The van der Waals surface area contributed by atoms with Crippen molar-refractivity contribution in [3.05, 3.63) is 34.3 Å². The van der Waals surface area contributed by atoms with Crippen molar-refractivity contribution in [3.63, 3.8) is 0 Å². The van der Waals surface area contributed by atoms with Crippen LogP contribution in [0.3, 0.4) is 0 Å². The lowest BCUT2D eigenvalue weighted by atomic mass is 9.88. The van der Waals surface area contributed by atoms with Crippen molar-refractivity contribution >= 4 is 15.9 Å². The highest BCUT2D eigenvalue weighted by Gasteiger charge is 2.20. The van der Waals surface area contributed by atoms with Gasteiger partial charge in [0.2, 0.25) is 0 Å². The van der Waals surface area contributed by atoms with Gasteiger partial charge in [-0.15, -0.1) is 0 Å². The first kappa shape index (κ1) is 16.0. The fourth-order valence-electron chi connectivity index (χ4n) is 3.39. The van der Waals surface area contributed by atoms with Gasteiger partial charge >= 0.3 is 0 Å². The predicted octanol–water partition coefficient (Wildman–Crippen LogP) is 5.19. The van der Waals surface area contributed by atoms with Gasteiger partial charge in [-0.1, -0.05) is 60.7 Å². The van der Waals surface area contributed by atoms with Crippen molar-refractivity contribution in [2.24, 2.45) is 11.8 Å². The van der Waals surface area contributed by atoms with Gasteiger partial charge in [-0.25, -0.2) is 0 Å². The van der Waals surface area contributed by atoms with Crippen molar-refractivity contribution in [1.82, 2.24) is 5.32 Å². The number of hydrogen-bond donors (Lipinski definition) is 1. The summed E-state index contributed by atoms with van der Waals surface area (Å²) in [6, 6.07) is 8.87. The van der Waals surface area contributed by atoms with Gasteiger partial charge in [0, 0.05) is 4.47 Å². The van der Waals surface area contributed by atoms with Crippen molar-refractivity contribution in [2.75, 3.05) is 13.1 Å². The lowest BCUT2D eigenvalue weighted by Gasteiger charge is -2.21. The van der Waals surface area contributed by atoms with Gasteiger partial charge in [0.05, 0.1) is 0 Å². The number of rotatable bonds is 8. The second-order valence-electron chi connectivity index (χ2n) is 6.29. The molecule has 1 aliphatic rings. The molecule has 1 atom stereocenters. The van der Waals surface area contributed by atoms with Gasteiger partial charge in [-0.2, -0.15) is 0 Å². The van der Waals surface area contributed by atoms with Crippen LogP contribution < -0.4 is 5.32 Å². The van der Waals surface area contributed by atoms with Crippen LogP contribution in [0.2, 0.25) is 0 Å². The van der Waals surface area contributed by atoms with E-state index in [1.54, 1.807) is 0 Å². The van der Waals surface area contributed by atoms with Gasteiger partial charge in [0.1, 0.15) is 0 Å². The highest BCUT2D eigenvalue weighted by molar-refractivity contribution is 9.10. The topological polar surface area (TPSA) is 12.0 Å². The minimum absolute atomic E-state index is 0.797. The van der Waals surface area contributed by atoms with Gasteiger partial charge in [0.25, 0.3) is 0 Å². The van der Waals surface area contributed by atoms with Crippen LogP contribution in [0, 0.1) is 11.8 Å². The summed E-state index contributed by atoms with van der Waals surface area (Å²) in [5.74, 6) is 1.78. The van der Waals surface area contributed by atoms with Gasteiger partial charge in [-0.05, 0) is 61.9 Å². The maximum Gasteiger partial charge on any atom is 0.0175 e. The highest BCUT2D eigenvalue weighted by atomic mass is 79.9. The van der Waals surface area contributed by atoms with Gasteiger partial charge in [-0.3, -0.25) is 0 Å². The van der Waals surface area contributed by atoms with Crippen LogP contribution in [0.25, 0.3) is 0 Å². The molecule has 2 heteroatoms. The van der Waals surface area contributed by atoms with Crippen molar-refractivity contribution in [1.29, 1.82) is 0 Å². The molecule has 1 N–H and O–H groups in total. The van der Waals surface area contributed by atoms with Gasteiger partial charge in [0.15, 0.2) is 0 Å². The third kappa shape index (κ3) is 5.57. The zero-order valence-electron chi connectivity index (χ0n) is 12.7. The smallest absolute Gasteiger partial charge is 0.0175 e. The molecule has 1 aromatic carbocycles. The van der Waals surface area contributed by atoms with Crippen LogP contribution in [0.1, 0.15) is 51.0 Å². The lowest BCUT2D eigenvalue weighted by molar-refractivity contribution is 0.357. The first-order valence-corrected chi connectivity index (χ1v) is 9.02. The van der Waals surface area contributed by atoms with Crippen LogP contribution in [0.4, 0.5) is 0 Å². The summed E-state index contributed by atoms with van der Waals surface area (Å²) in [5.41, 5.74) is 1.48. The van der Waals surface area contributed by atoms with E-state index in [9.17, 15) is 0 Å². The zero-order valence-corrected chi connectivity index (χ0v) is 14.3. The molecule has 0 radical (unpaired) electrons. The van der Waals surface area contributed by atoms with Crippen LogP contribution in [-0.4, -0.2) is 13.1 Å². The molecular formula is C18H28BrN. The highest BCUT2D eigenvalue weighted by Crippen LogP contribution is 2.31. The number of benzene rings is 1. The molecule has 1 fully saturated rings. The molecule has 0 bridgehead atoms. The summed E-state index contributed by atoms with van der Waals surface area (Å²) in [4.78, 5) is 0. The Balaban J connectivity index is 1.88. The summed E-state index contributed by atoms with van der Waals surface area (Å²) in [6.45, 7) is 4.58. The molecule has 20 heavy (non-hydrogen) atoms. The summed E-state index contributed by atoms with van der Waals surface area (Å²) >= 11 is 3.52. The molecule has 1 saturated carbocycles. The number of nitrogens with one attached hydrogen (secondary N) is 1. The Bertz CT molecular complexity index is 368. The average Bonchev–Trinajstić information content (AvgIpc) is 2.94. The van der Waals surface area contributed by atoms with E-state index in [-0.39, 0.29) is 0 Å². The number of halogens is 1. The average molecular weight is 338 g/mol. The van der Waals surface area contributed by atoms with Gasteiger partial charge < -0.3 is 5.32 Å². The number of hydrogen-bond acceptors (Lipinski definition) is 1. The molecule has 1 unspecified atom stereocenters. The molecule has 1 aliphatic carbocycles. The molecular weight excluding hydrogens is 310 g/mol. The molecule has 1 aromatic rings. The SMILES string of the molecule is CCCNCC(Cc1ccc(Br)cc1)CC1CCCC1. The van der Waals surface area contributed by atoms with E-state index < -0.39 is 0 Å². The summed E-state index contributed by atoms with van der Waals surface area (Å²) in [6.07, 6.45) is 9.70. The molecule has 0 spiro atoms. The third-order valence-corrected chi connectivity index (χ3v) is 4.97. The molecule has 0 amide bonds. The molecule has 0 aromatic heterocycles. The Kier molecular flexibility index (Phi) is 7.09. The van der Waals surface area contributed by atoms with Crippen LogP contribution >= 0.6 is 15.9 Å². The fraction of sp³-hybridized carbons (Fsp3) is 0.667. The largest absolute Gasteiger partial charge is 0.316 e. The zero-order chi connectivity index (χ0) is 14.2. The van der Waals surface area contributed by atoms with Crippen molar-refractivity contribution in [2.45, 2.75) is 51.9 Å². The Morgan fingerprint density at radius 1 is 1.20 bits per heavy atom. The van der Waals surface area contributed by atoms with Crippen LogP contribution in [0.5, 0.6) is 0 Å². The van der Waals surface area contributed by atoms with Crippen molar-refractivity contribution in [3.8, 4) is 0 Å². The Hall–Kier alpha value is -0.340. The molecule has 112 valence electrons. The summed E-state index contributed by atoms with van der Waals surface area (Å²) < 4.78 is 1.18. The Morgan fingerprint density at radius 3 is 2.55 bits per heavy atom. The molecule has 0 aliphatic heterocycles.